The van der Waals surface area contributed by atoms with Gasteiger partial charge in [0.1, 0.15) is 5.76 Å². The van der Waals surface area contributed by atoms with E-state index in [-0.39, 0.29) is 18.9 Å². The summed E-state index contributed by atoms with van der Waals surface area (Å²) < 4.78 is 42.2. The molecule has 2 aromatic rings. The van der Waals surface area contributed by atoms with Gasteiger partial charge in [0, 0.05) is 0 Å². The highest BCUT2D eigenvalue weighted by Gasteiger charge is 2.29. The lowest BCUT2D eigenvalue weighted by Gasteiger charge is -2.07. The van der Waals surface area contributed by atoms with Crippen molar-refractivity contribution in [3.8, 4) is 0 Å². The summed E-state index contributed by atoms with van der Waals surface area (Å²) in [4.78, 5) is 11.6. The maximum absolute atomic E-state index is 12.4. The lowest BCUT2D eigenvalue weighted by Crippen LogP contribution is -2.24. The summed E-state index contributed by atoms with van der Waals surface area (Å²) in [5.41, 5.74) is -0.202. The zero-order chi connectivity index (χ0) is 14.6. The fourth-order valence-corrected chi connectivity index (χ4v) is 1.66. The second kappa shape index (κ2) is 5.81. The van der Waals surface area contributed by atoms with Crippen molar-refractivity contribution < 1.29 is 22.4 Å². The second-order valence-corrected chi connectivity index (χ2v) is 4.23. The van der Waals surface area contributed by atoms with Crippen LogP contribution in [0.25, 0.3) is 0 Å². The van der Waals surface area contributed by atoms with E-state index in [2.05, 4.69) is 5.32 Å². The van der Waals surface area contributed by atoms with E-state index in [1.165, 1.54) is 18.4 Å². The summed E-state index contributed by atoms with van der Waals surface area (Å²) in [7, 11) is 0. The summed E-state index contributed by atoms with van der Waals surface area (Å²) in [6, 6.07) is 7.96. The first-order valence-electron chi connectivity index (χ1n) is 5.90. The molecule has 0 unspecified atom stereocenters. The van der Waals surface area contributed by atoms with Crippen LogP contribution in [0.4, 0.5) is 13.2 Å². The average Bonchev–Trinajstić information content (AvgIpc) is 2.89. The number of hydrogen-bond acceptors (Lipinski definition) is 2. The third kappa shape index (κ3) is 3.88. The Morgan fingerprint density at radius 2 is 1.85 bits per heavy atom. The van der Waals surface area contributed by atoms with E-state index in [1.54, 1.807) is 12.1 Å². The molecule has 106 valence electrons. The number of carbonyl (C=O) groups is 1. The van der Waals surface area contributed by atoms with Gasteiger partial charge in [-0.15, -0.1) is 0 Å². The molecule has 1 aromatic heterocycles. The molecule has 0 atom stereocenters. The molecule has 2 rings (SSSR count). The molecule has 0 aliphatic carbocycles. The number of amides is 1. The zero-order valence-electron chi connectivity index (χ0n) is 10.4. The van der Waals surface area contributed by atoms with Crippen LogP contribution in [0.1, 0.15) is 16.9 Å². The van der Waals surface area contributed by atoms with Gasteiger partial charge in [-0.05, 0) is 29.8 Å². The predicted octanol–water partition coefficient (Wildman–Crippen LogP) is 3.16. The van der Waals surface area contributed by atoms with Gasteiger partial charge in [0.05, 0.1) is 24.8 Å². The molecule has 6 heteroatoms. The fourth-order valence-electron chi connectivity index (χ4n) is 1.66. The summed E-state index contributed by atoms with van der Waals surface area (Å²) in [5, 5.41) is 2.62. The highest BCUT2D eigenvalue weighted by atomic mass is 19.4. The van der Waals surface area contributed by atoms with E-state index in [0.29, 0.717) is 11.3 Å². The topological polar surface area (TPSA) is 42.2 Å². The minimum atomic E-state index is -4.36. The lowest BCUT2D eigenvalue weighted by molar-refractivity contribution is -0.137. The lowest BCUT2D eigenvalue weighted by atomic mass is 10.1. The predicted molar refractivity (Wildman–Crippen MR) is 65.7 cm³/mol. The van der Waals surface area contributed by atoms with Crippen LogP contribution in [-0.2, 0) is 23.9 Å². The summed E-state index contributed by atoms with van der Waals surface area (Å²) in [6.07, 6.45) is -2.84. The molecule has 1 N–H and O–H groups in total. The number of rotatable bonds is 4. The van der Waals surface area contributed by atoms with Crippen molar-refractivity contribution in [3.05, 3.63) is 59.5 Å². The Bertz CT molecular complexity index is 559. The molecule has 0 saturated heterocycles. The monoisotopic (exact) mass is 283 g/mol. The Kier molecular flexibility index (Phi) is 4.12. The molecule has 3 nitrogen and oxygen atoms in total. The standard InChI is InChI=1S/C14H12F3NO2/c15-14(16,17)11-5-3-10(4-6-11)8-13(19)18-9-12-2-1-7-20-12/h1-7H,8-9H2,(H,18,19). The Morgan fingerprint density at radius 1 is 1.15 bits per heavy atom. The minimum Gasteiger partial charge on any atom is -0.467 e. The van der Waals surface area contributed by atoms with Gasteiger partial charge in [-0.2, -0.15) is 13.2 Å². The van der Waals surface area contributed by atoms with Crippen molar-refractivity contribution in [2.24, 2.45) is 0 Å². The van der Waals surface area contributed by atoms with Crippen LogP contribution in [0.3, 0.4) is 0 Å². The molecule has 0 saturated carbocycles. The number of alkyl halides is 3. The molecule has 0 fully saturated rings. The molecule has 0 aliphatic rings. The van der Waals surface area contributed by atoms with Gasteiger partial charge in [-0.3, -0.25) is 4.79 Å². The molecule has 0 radical (unpaired) electrons. The van der Waals surface area contributed by atoms with Crippen LogP contribution in [0.5, 0.6) is 0 Å². The Morgan fingerprint density at radius 3 is 2.40 bits per heavy atom. The smallest absolute Gasteiger partial charge is 0.416 e. The molecule has 20 heavy (non-hydrogen) atoms. The average molecular weight is 283 g/mol. The Labute approximate surface area is 113 Å². The van der Waals surface area contributed by atoms with Crippen LogP contribution >= 0.6 is 0 Å². The van der Waals surface area contributed by atoms with Crippen molar-refractivity contribution in [2.45, 2.75) is 19.1 Å². The van der Waals surface area contributed by atoms with Crippen LogP contribution in [0.15, 0.2) is 47.1 Å². The van der Waals surface area contributed by atoms with Crippen molar-refractivity contribution in [1.29, 1.82) is 0 Å². The van der Waals surface area contributed by atoms with Crippen LogP contribution in [0, 0.1) is 0 Å². The minimum absolute atomic E-state index is 0.0266. The van der Waals surface area contributed by atoms with Gasteiger partial charge in [-0.1, -0.05) is 12.1 Å². The number of benzene rings is 1. The molecule has 1 amide bonds. The molecule has 0 bridgehead atoms. The number of halogens is 3. The van der Waals surface area contributed by atoms with Crippen molar-refractivity contribution >= 4 is 5.91 Å². The molecular formula is C14H12F3NO2. The number of hydrogen-bond donors (Lipinski definition) is 1. The van der Waals surface area contributed by atoms with Crippen molar-refractivity contribution in [3.63, 3.8) is 0 Å². The van der Waals surface area contributed by atoms with E-state index >= 15 is 0 Å². The Balaban J connectivity index is 1.88. The quantitative estimate of drug-likeness (QED) is 0.936. The number of nitrogens with one attached hydrogen (secondary N) is 1. The number of carbonyl (C=O) groups excluding carboxylic acids is 1. The highest BCUT2D eigenvalue weighted by Crippen LogP contribution is 2.29. The Hall–Kier alpha value is -2.24. The van der Waals surface area contributed by atoms with E-state index in [9.17, 15) is 18.0 Å². The zero-order valence-corrected chi connectivity index (χ0v) is 10.4. The van der Waals surface area contributed by atoms with Gasteiger partial charge in [0.2, 0.25) is 5.91 Å². The van der Waals surface area contributed by atoms with Gasteiger partial charge in [-0.25, -0.2) is 0 Å². The van der Waals surface area contributed by atoms with Crippen molar-refractivity contribution in [2.75, 3.05) is 0 Å². The first kappa shape index (κ1) is 14.2. The molecule has 0 aliphatic heterocycles. The summed E-state index contributed by atoms with van der Waals surface area (Å²) in [6.45, 7) is 0.256. The van der Waals surface area contributed by atoms with Gasteiger partial charge < -0.3 is 9.73 Å². The number of furan rings is 1. The summed E-state index contributed by atoms with van der Waals surface area (Å²) >= 11 is 0. The summed E-state index contributed by atoms with van der Waals surface area (Å²) in [5.74, 6) is 0.340. The second-order valence-electron chi connectivity index (χ2n) is 4.23. The SMILES string of the molecule is O=C(Cc1ccc(C(F)(F)F)cc1)NCc1ccco1. The van der Waals surface area contributed by atoms with Crippen molar-refractivity contribution in [1.82, 2.24) is 5.32 Å². The largest absolute Gasteiger partial charge is 0.467 e. The van der Waals surface area contributed by atoms with E-state index in [1.807, 2.05) is 0 Å². The van der Waals surface area contributed by atoms with Crippen LogP contribution < -0.4 is 5.32 Å². The van der Waals surface area contributed by atoms with E-state index in [0.717, 1.165) is 12.1 Å². The van der Waals surface area contributed by atoms with Gasteiger partial charge in [0.25, 0.3) is 0 Å². The fraction of sp³-hybridized carbons (Fsp3) is 0.214. The molecule has 1 heterocycles. The normalized spacial score (nSPS) is 11.3. The van der Waals surface area contributed by atoms with Crippen LogP contribution in [-0.4, -0.2) is 5.91 Å². The molecule has 1 aromatic carbocycles. The van der Waals surface area contributed by atoms with Gasteiger partial charge in [0.15, 0.2) is 0 Å². The molecule has 0 spiro atoms. The highest BCUT2D eigenvalue weighted by molar-refractivity contribution is 5.78. The molecular weight excluding hydrogens is 271 g/mol. The first-order chi connectivity index (χ1) is 9.45. The van der Waals surface area contributed by atoms with Crippen LogP contribution in [0.2, 0.25) is 0 Å². The van der Waals surface area contributed by atoms with E-state index < -0.39 is 11.7 Å². The maximum atomic E-state index is 12.4. The third-order valence-electron chi connectivity index (χ3n) is 2.69. The van der Waals surface area contributed by atoms with E-state index in [4.69, 9.17) is 4.42 Å². The maximum Gasteiger partial charge on any atom is 0.416 e. The third-order valence-corrected chi connectivity index (χ3v) is 2.69. The van der Waals surface area contributed by atoms with Gasteiger partial charge >= 0.3 is 6.18 Å². The first-order valence-corrected chi connectivity index (χ1v) is 5.90.